The lowest BCUT2D eigenvalue weighted by Gasteiger charge is -2.25. The van der Waals surface area contributed by atoms with Gasteiger partial charge in [0.2, 0.25) is 5.88 Å². The molecule has 1 aliphatic carbocycles. The molecule has 1 aromatic heterocycles. The van der Waals surface area contributed by atoms with Crippen molar-refractivity contribution in [2.45, 2.75) is 33.1 Å². The van der Waals surface area contributed by atoms with Crippen LogP contribution in [0.15, 0.2) is 12.4 Å². The van der Waals surface area contributed by atoms with E-state index in [1.165, 1.54) is 19.5 Å². The van der Waals surface area contributed by atoms with Crippen molar-refractivity contribution in [2.75, 3.05) is 7.11 Å². The van der Waals surface area contributed by atoms with Gasteiger partial charge in [-0.1, -0.05) is 20.3 Å². The molecule has 1 saturated carbocycles. The molecule has 0 spiro atoms. The largest absolute Gasteiger partial charge is 0.479 e. The highest BCUT2D eigenvalue weighted by molar-refractivity contribution is 5.98. The predicted octanol–water partition coefficient (Wildman–Crippen LogP) is 2.49. The van der Waals surface area contributed by atoms with Crippen LogP contribution in [0.25, 0.3) is 0 Å². The summed E-state index contributed by atoms with van der Waals surface area (Å²) in [6.07, 6.45) is 6.20. The molecule has 1 aliphatic rings. The first kappa shape index (κ1) is 12.0. The summed E-state index contributed by atoms with van der Waals surface area (Å²) < 4.78 is 5.10. The summed E-state index contributed by atoms with van der Waals surface area (Å²) in [5.74, 6) is 0.436. The van der Waals surface area contributed by atoms with Crippen molar-refractivity contribution in [3.05, 3.63) is 18.1 Å². The van der Waals surface area contributed by atoms with Gasteiger partial charge in [-0.05, 0) is 18.3 Å². The van der Waals surface area contributed by atoms with Gasteiger partial charge >= 0.3 is 0 Å². The van der Waals surface area contributed by atoms with Gasteiger partial charge in [0.25, 0.3) is 0 Å². The number of ether oxygens (including phenoxy) is 1. The molecule has 92 valence electrons. The van der Waals surface area contributed by atoms with Gasteiger partial charge in [0, 0.05) is 18.3 Å². The SMILES string of the molecule is COc1nccnc1C(=O)C1CCCC1(C)C. The molecule has 2 rings (SSSR count). The fraction of sp³-hybridized carbons (Fsp3) is 0.615. The van der Waals surface area contributed by atoms with Gasteiger partial charge < -0.3 is 4.74 Å². The number of ketones is 1. The molecule has 0 bridgehead atoms. The van der Waals surface area contributed by atoms with Crippen LogP contribution in [0.1, 0.15) is 43.6 Å². The first-order valence-electron chi connectivity index (χ1n) is 5.95. The third kappa shape index (κ3) is 2.16. The zero-order valence-electron chi connectivity index (χ0n) is 10.6. The second-order valence-electron chi connectivity index (χ2n) is 5.21. The Balaban J connectivity index is 2.31. The molecule has 1 atom stereocenters. The Morgan fingerprint density at radius 1 is 1.41 bits per heavy atom. The molecule has 1 aromatic rings. The predicted molar refractivity (Wildman–Crippen MR) is 64.0 cm³/mol. The minimum Gasteiger partial charge on any atom is -0.479 e. The summed E-state index contributed by atoms with van der Waals surface area (Å²) in [5, 5.41) is 0. The average molecular weight is 234 g/mol. The van der Waals surface area contributed by atoms with E-state index in [0.29, 0.717) is 11.6 Å². The fourth-order valence-electron chi connectivity index (χ4n) is 2.62. The lowest BCUT2D eigenvalue weighted by Crippen LogP contribution is -2.27. The highest BCUT2D eigenvalue weighted by Gasteiger charge is 2.41. The van der Waals surface area contributed by atoms with Gasteiger partial charge in [-0.3, -0.25) is 4.79 Å². The van der Waals surface area contributed by atoms with Gasteiger partial charge in [0.05, 0.1) is 7.11 Å². The minimum absolute atomic E-state index is 0.0353. The van der Waals surface area contributed by atoms with Crippen molar-refractivity contribution >= 4 is 5.78 Å². The molecule has 4 nitrogen and oxygen atoms in total. The van der Waals surface area contributed by atoms with Crippen LogP contribution in [0.2, 0.25) is 0 Å². The van der Waals surface area contributed by atoms with Gasteiger partial charge in [-0.2, -0.15) is 0 Å². The Bertz CT molecular complexity index is 429. The Labute approximate surface area is 101 Å². The molecule has 0 amide bonds. The van der Waals surface area contributed by atoms with Crippen molar-refractivity contribution in [3.8, 4) is 5.88 Å². The summed E-state index contributed by atoms with van der Waals surface area (Å²) >= 11 is 0. The normalized spacial score (nSPS) is 22.4. The number of methoxy groups -OCH3 is 1. The molecular formula is C13H18N2O2. The van der Waals surface area contributed by atoms with E-state index in [1.807, 2.05) is 0 Å². The Morgan fingerprint density at radius 3 is 2.71 bits per heavy atom. The first-order valence-corrected chi connectivity index (χ1v) is 5.95. The number of rotatable bonds is 3. The molecule has 0 aromatic carbocycles. The quantitative estimate of drug-likeness (QED) is 0.754. The fourth-order valence-corrected chi connectivity index (χ4v) is 2.62. The Kier molecular flexibility index (Phi) is 3.13. The minimum atomic E-state index is 0.0353. The molecule has 0 radical (unpaired) electrons. The summed E-state index contributed by atoms with van der Waals surface area (Å²) in [6.45, 7) is 4.29. The van der Waals surface area contributed by atoms with Gasteiger partial charge in [0.1, 0.15) is 0 Å². The van der Waals surface area contributed by atoms with Crippen LogP contribution in [0.4, 0.5) is 0 Å². The van der Waals surface area contributed by atoms with Crippen LogP contribution in [-0.4, -0.2) is 22.9 Å². The van der Waals surface area contributed by atoms with Crippen molar-refractivity contribution in [1.82, 2.24) is 9.97 Å². The highest BCUT2D eigenvalue weighted by Crippen LogP contribution is 2.44. The third-order valence-corrected chi connectivity index (χ3v) is 3.67. The average Bonchev–Trinajstić information content (AvgIpc) is 2.68. The van der Waals surface area contributed by atoms with Crippen molar-refractivity contribution in [1.29, 1.82) is 0 Å². The number of Topliss-reactive ketones (excluding diaryl/α,β-unsaturated/α-hetero) is 1. The summed E-state index contributed by atoms with van der Waals surface area (Å²) in [6, 6.07) is 0. The molecule has 0 N–H and O–H groups in total. The maximum Gasteiger partial charge on any atom is 0.243 e. The standard InChI is InChI=1S/C13H18N2O2/c1-13(2)6-4-5-9(13)11(16)10-12(17-3)15-8-7-14-10/h7-9H,4-6H2,1-3H3. The smallest absolute Gasteiger partial charge is 0.243 e. The van der Waals surface area contributed by atoms with Gasteiger partial charge in [0.15, 0.2) is 11.5 Å². The maximum absolute atomic E-state index is 12.5. The lowest BCUT2D eigenvalue weighted by atomic mass is 9.78. The molecule has 1 fully saturated rings. The summed E-state index contributed by atoms with van der Waals surface area (Å²) in [5.41, 5.74) is 0.426. The van der Waals surface area contributed by atoms with Crippen LogP contribution in [0.5, 0.6) is 5.88 Å². The Hall–Kier alpha value is -1.45. The second kappa shape index (κ2) is 4.43. The van der Waals surface area contributed by atoms with Crippen LogP contribution in [0, 0.1) is 11.3 Å². The van der Waals surface area contributed by atoms with E-state index in [0.717, 1.165) is 19.3 Å². The van der Waals surface area contributed by atoms with E-state index in [2.05, 4.69) is 23.8 Å². The molecule has 0 aliphatic heterocycles. The number of aromatic nitrogens is 2. The van der Waals surface area contributed by atoms with E-state index in [-0.39, 0.29) is 17.1 Å². The number of hydrogen-bond donors (Lipinski definition) is 0. The molecule has 1 heterocycles. The van der Waals surface area contributed by atoms with E-state index >= 15 is 0 Å². The molecule has 1 unspecified atom stereocenters. The van der Waals surface area contributed by atoms with E-state index in [9.17, 15) is 4.79 Å². The monoisotopic (exact) mass is 234 g/mol. The van der Waals surface area contributed by atoms with Gasteiger partial charge in [-0.25, -0.2) is 9.97 Å². The molecule has 4 heteroatoms. The van der Waals surface area contributed by atoms with E-state index < -0.39 is 0 Å². The Morgan fingerprint density at radius 2 is 2.12 bits per heavy atom. The molecule has 0 saturated heterocycles. The number of carbonyl (C=O) groups is 1. The maximum atomic E-state index is 12.5. The van der Waals surface area contributed by atoms with E-state index in [1.54, 1.807) is 0 Å². The number of nitrogens with zero attached hydrogens (tertiary/aromatic N) is 2. The van der Waals surface area contributed by atoms with Gasteiger partial charge in [-0.15, -0.1) is 0 Å². The summed E-state index contributed by atoms with van der Waals surface area (Å²) in [4.78, 5) is 20.6. The first-order chi connectivity index (χ1) is 8.06. The number of carbonyl (C=O) groups excluding carboxylic acids is 1. The van der Waals surface area contributed by atoms with Crippen LogP contribution in [0.3, 0.4) is 0 Å². The zero-order valence-corrected chi connectivity index (χ0v) is 10.6. The molecule has 17 heavy (non-hydrogen) atoms. The zero-order chi connectivity index (χ0) is 12.5. The van der Waals surface area contributed by atoms with Crippen molar-refractivity contribution < 1.29 is 9.53 Å². The number of hydrogen-bond acceptors (Lipinski definition) is 4. The van der Waals surface area contributed by atoms with Crippen LogP contribution in [-0.2, 0) is 0 Å². The van der Waals surface area contributed by atoms with Crippen molar-refractivity contribution in [2.24, 2.45) is 11.3 Å². The van der Waals surface area contributed by atoms with Crippen LogP contribution >= 0.6 is 0 Å². The highest BCUT2D eigenvalue weighted by atomic mass is 16.5. The third-order valence-electron chi connectivity index (χ3n) is 3.67. The lowest BCUT2D eigenvalue weighted by molar-refractivity contribution is 0.0829. The van der Waals surface area contributed by atoms with E-state index in [4.69, 9.17) is 4.74 Å². The second-order valence-corrected chi connectivity index (χ2v) is 5.21. The summed E-state index contributed by atoms with van der Waals surface area (Å²) in [7, 11) is 1.51. The molecular weight excluding hydrogens is 216 g/mol. The van der Waals surface area contributed by atoms with Crippen molar-refractivity contribution in [3.63, 3.8) is 0 Å². The van der Waals surface area contributed by atoms with Crippen LogP contribution < -0.4 is 4.74 Å². The topological polar surface area (TPSA) is 52.1 Å².